The molecule has 192 valence electrons. The van der Waals surface area contributed by atoms with Crippen molar-refractivity contribution < 1.29 is 23.4 Å². The van der Waals surface area contributed by atoms with Gasteiger partial charge in [-0.25, -0.2) is 9.37 Å². The second-order valence-corrected chi connectivity index (χ2v) is 9.91. The maximum absolute atomic E-state index is 13.5. The quantitative estimate of drug-likeness (QED) is 0.288. The molecule has 36 heavy (non-hydrogen) atoms. The van der Waals surface area contributed by atoms with E-state index in [9.17, 15) is 9.18 Å². The van der Waals surface area contributed by atoms with Gasteiger partial charge >= 0.3 is 0 Å². The number of ketones is 1. The summed E-state index contributed by atoms with van der Waals surface area (Å²) in [4.78, 5) is 17.8. The van der Waals surface area contributed by atoms with E-state index in [4.69, 9.17) is 37.4 Å². The number of methoxy groups -OCH3 is 2. The van der Waals surface area contributed by atoms with Crippen LogP contribution < -0.4 is 19.5 Å². The second kappa shape index (κ2) is 11.8. The molecule has 2 aromatic carbocycles. The minimum atomic E-state index is -0.325. The smallest absolute Gasteiger partial charge is 0.204 e. The number of benzene rings is 2. The number of nitrogens with one attached hydrogen (secondary N) is 1. The lowest BCUT2D eigenvalue weighted by Gasteiger charge is -2.23. The van der Waals surface area contributed by atoms with Gasteiger partial charge in [0.05, 0.1) is 36.4 Å². The Kier molecular flexibility index (Phi) is 9.03. The lowest BCUT2D eigenvalue weighted by Crippen LogP contribution is -2.27. The predicted molar refractivity (Wildman–Crippen MR) is 141 cm³/mol. The topological polar surface area (TPSA) is 69.7 Å². The van der Waals surface area contributed by atoms with Gasteiger partial charge in [-0.3, -0.25) is 4.79 Å². The molecule has 0 atom stereocenters. The summed E-state index contributed by atoms with van der Waals surface area (Å²) in [6.45, 7) is 6.11. The Morgan fingerprint density at radius 2 is 1.83 bits per heavy atom. The van der Waals surface area contributed by atoms with Crippen molar-refractivity contribution in [3.05, 3.63) is 75.1 Å². The third kappa shape index (κ3) is 6.80. The molecule has 0 amide bonds. The fourth-order valence-corrected chi connectivity index (χ4v) is 4.11. The number of anilines is 1. The molecule has 0 unspecified atom stereocenters. The molecule has 0 saturated carbocycles. The Morgan fingerprint density at radius 3 is 2.47 bits per heavy atom. The van der Waals surface area contributed by atoms with Gasteiger partial charge in [-0.15, -0.1) is 0 Å². The third-order valence-electron chi connectivity index (χ3n) is 5.23. The molecule has 0 radical (unpaired) electrons. The number of halogens is 3. The summed E-state index contributed by atoms with van der Waals surface area (Å²) in [5, 5.41) is 3.78. The summed E-state index contributed by atoms with van der Waals surface area (Å²) in [6, 6.07) is 9.50. The van der Waals surface area contributed by atoms with E-state index >= 15 is 0 Å². The number of nitrogens with zero attached hydrogens (tertiary/aromatic N) is 1. The fraction of sp³-hybridized carbons (Fsp3) is 0.333. The van der Waals surface area contributed by atoms with Crippen molar-refractivity contribution in [2.45, 2.75) is 39.2 Å². The number of pyridine rings is 1. The number of aromatic nitrogens is 1. The Bertz CT molecular complexity index is 1250. The normalized spacial score (nSPS) is 11.2. The summed E-state index contributed by atoms with van der Waals surface area (Å²) < 4.78 is 30.5. The maximum atomic E-state index is 13.5. The third-order valence-corrected chi connectivity index (χ3v) is 5.96. The zero-order valence-corrected chi connectivity index (χ0v) is 22.4. The highest BCUT2D eigenvalue weighted by atomic mass is 35.5. The number of Topliss-reactive ketones (excluding diaryl/α,β-unsaturated/α-hetero) is 1. The van der Waals surface area contributed by atoms with Crippen LogP contribution in [0.5, 0.6) is 17.2 Å². The first-order chi connectivity index (χ1) is 17.0. The van der Waals surface area contributed by atoms with E-state index in [1.165, 1.54) is 32.5 Å². The molecule has 0 aliphatic carbocycles. The molecule has 0 aliphatic heterocycles. The average molecular weight is 535 g/mol. The highest BCUT2D eigenvalue weighted by Gasteiger charge is 2.24. The molecule has 0 spiro atoms. The van der Waals surface area contributed by atoms with Gasteiger partial charge in [0.15, 0.2) is 17.3 Å². The fourth-order valence-electron chi connectivity index (χ4n) is 3.59. The van der Waals surface area contributed by atoms with E-state index in [0.717, 1.165) is 5.56 Å². The largest absolute Gasteiger partial charge is 0.493 e. The molecule has 0 saturated heterocycles. The monoisotopic (exact) mass is 534 g/mol. The van der Waals surface area contributed by atoms with Crippen LogP contribution >= 0.6 is 23.2 Å². The number of hydrogen-bond donors (Lipinski definition) is 1. The predicted octanol–water partition coefficient (Wildman–Crippen LogP) is 6.80. The van der Waals surface area contributed by atoms with Gasteiger partial charge in [0.25, 0.3) is 0 Å². The van der Waals surface area contributed by atoms with Crippen LogP contribution in [0.3, 0.4) is 0 Å². The van der Waals surface area contributed by atoms with E-state index in [1.54, 1.807) is 24.3 Å². The van der Waals surface area contributed by atoms with Gasteiger partial charge in [0.2, 0.25) is 5.75 Å². The van der Waals surface area contributed by atoms with Crippen molar-refractivity contribution in [1.29, 1.82) is 0 Å². The first-order valence-electron chi connectivity index (χ1n) is 11.3. The number of ether oxygens (including phenoxy) is 3. The molecule has 1 aromatic heterocycles. The second-order valence-electron chi connectivity index (χ2n) is 9.13. The number of carbonyl (C=O) groups is 1. The minimum Gasteiger partial charge on any atom is -0.493 e. The molecule has 0 bridgehead atoms. The summed E-state index contributed by atoms with van der Waals surface area (Å²) >= 11 is 13.0. The first-order valence-corrected chi connectivity index (χ1v) is 12.1. The molecule has 0 aliphatic rings. The lowest BCUT2D eigenvalue weighted by atomic mass is 10.0. The van der Waals surface area contributed by atoms with Crippen molar-refractivity contribution >= 4 is 34.8 Å². The summed E-state index contributed by atoms with van der Waals surface area (Å²) in [7, 11) is 2.96. The van der Waals surface area contributed by atoms with E-state index in [-0.39, 0.29) is 57.3 Å². The first kappa shape index (κ1) is 27.6. The van der Waals surface area contributed by atoms with Crippen LogP contribution in [0.1, 0.15) is 42.3 Å². The molecule has 1 heterocycles. The molecule has 9 heteroatoms. The van der Waals surface area contributed by atoms with Gasteiger partial charge in [0, 0.05) is 30.1 Å². The van der Waals surface area contributed by atoms with Crippen LogP contribution in [-0.2, 0) is 12.8 Å². The van der Waals surface area contributed by atoms with Crippen molar-refractivity contribution in [3.63, 3.8) is 0 Å². The Morgan fingerprint density at radius 1 is 1.08 bits per heavy atom. The van der Waals surface area contributed by atoms with Crippen molar-refractivity contribution in [3.8, 4) is 17.2 Å². The number of hydrogen-bond acceptors (Lipinski definition) is 6. The van der Waals surface area contributed by atoms with Crippen LogP contribution in [0, 0.1) is 5.82 Å². The maximum Gasteiger partial charge on any atom is 0.204 e. The SMILES string of the molecule is COc1ccc(C(=O)Cc2c(Cl)cnc(NC(C)(C)C)c2Cl)c(OCCc2cccc(F)c2)c1OC. The summed E-state index contributed by atoms with van der Waals surface area (Å²) in [5.74, 6) is 0.751. The van der Waals surface area contributed by atoms with Crippen molar-refractivity contribution in [2.24, 2.45) is 0 Å². The summed E-state index contributed by atoms with van der Waals surface area (Å²) in [6.07, 6.45) is 1.81. The van der Waals surface area contributed by atoms with Gasteiger partial charge < -0.3 is 19.5 Å². The standard InChI is InChI=1S/C27H29Cl2FN2O4/c1-27(2,3)32-26-23(29)19(20(28)15-31-26)14-21(33)18-9-10-22(34-4)25(35-5)24(18)36-12-11-16-7-6-8-17(30)13-16/h6-10,13,15H,11-12,14H2,1-5H3,(H,31,32). The van der Waals surface area contributed by atoms with Gasteiger partial charge in [-0.2, -0.15) is 0 Å². The molecular formula is C27H29Cl2FN2O4. The van der Waals surface area contributed by atoms with Crippen LogP contribution in [0.25, 0.3) is 0 Å². The van der Waals surface area contributed by atoms with Gasteiger partial charge in [-0.1, -0.05) is 35.3 Å². The van der Waals surface area contributed by atoms with E-state index in [1.807, 2.05) is 20.8 Å². The molecule has 3 aromatic rings. The van der Waals surface area contributed by atoms with Crippen LogP contribution in [0.4, 0.5) is 10.2 Å². The Balaban J connectivity index is 1.92. The molecule has 1 N–H and O–H groups in total. The zero-order valence-electron chi connectivity index (χ0n) is 20.9. The number of rotatable bonds is 10. The molecule has 3 rings (SSSR count). The molecular weight excluding hydrogens is 506 g/mol. The Hall–Kier alpha value is -3.03. The van der Waals surface area contributed by atoms with Crippen LogP contribution in [-0.4, -0.2) is 37.1 Å². The minimum absolute atomic E-state index is 0.0885. The van der Waals surface area contributed by atoms with Crippen molar-refractivity contribution in [2.75, 3.05) is 26.1 Å². The Labute approximate surface area is 220 Å². The van der Waals surface area contributed by atoms with E-state index in [2.05, 4.69) is 10.3 Å². The van der Waals surface area contributed by atoms with Crippen molar-refractivity contribution in [1.82, 2.24) is 4.98 Å². The molecule has 0 fully saturated rings. The zero-order chi connectivity index (χ0) is 26.5. The van der Waals surface area contributed by atoms with Crippen LogP contribution in [0.15, 0.2) is 42.6 Å². The van der Waals surface area contributed by atoms with Gasteiger partial charge in [0.1, 0.15) is 11.6 Å². The van der Waals surface area contributed by atoms with Gasteiger partial charge in [-0.05, 0) is 50.6 Å². The highest BCUT2D eigenvalue weighted by molar-refractivity contribution is 6.37. The summed E-state index contributed by atoms with van der Waals surface area (Å²) in [5.41, 5.74) is 1.20. The number of carbonyl (C=O) groups excluding carboxylic acids is 1. The van der Waals surface area contributed by atoms with E-state index in [0.29, 0.717) is 23.6 Å². The highest BCUT2D eigenvalue weighted by Crippen LogP contribution is 2.41. The lowest BCUT2D eigenvalue weighted by molar-refractivity contribution is 0.0988. The average Bonchev–Trinajstić information content (AvgIpc) is 2.82. The van der Waals surface area contributed by atoms with E-state index < -0.39 is 0 Å². The molecule has 6 nitrogen and oxygen atoms in total. The van der Waals surface area contributed by atoms with Crippen LogP contribution in [0.2, 0.25) is 10.0 Å².